The fourth-order valence-electron chi connectivity index (χ4n) is 3.88. The molecule has 7 heteroatoms. The van der Waals surface area contributed by atoms with Gasteiger partial charge in [0.05, 0.1) is 5.92 Å². The van der Waals surface area contributed by atoms with Gasteiger partial charge in [0.2, 0.25) is 17.6 Å². The first-order chi connectivity index (χ1) is 16.1. The molecule has 1 fully saturated rings. The molecule has 1 aromatic heterocycles. The van der Waals surface area contributed by atoms with Crippen molar-refractivity contribution >= 4 is 23.2 Å². The van der Waals surface area contributed by atoms with Crippen LogP contribution in [0.2, 0.25) is 0 Å². The van der Waals surface area contributed by atoms with Crippen molar-refractivity contribution < 1.29 is 14.1 Å². The van der Waals surface area contributed by atoms with E-state index in [0.717, 1.165) is 16.8 Å². The van der Waals surface area contributed by atoms with E-state index in [9.17, 15) is 9.59 Å². The van der Waals surface area contributed by atoms with Gasteiger partial charge in [-0.05, 0) is 37.3 Å². The largest absolute Gasteiger partial charge is 0.334 e. The molecule has 2 heterocycles. The number of rotatable bonds is 5. The molecule has 0 spiro atoms. The van der Waals surface area contributed by atoms with Crippen LogP contribution in [0.4, 0.5) is 11.4 Å². The van der Waals surface area contributed by atoms with Gasteiger partial charge < -0.3 is 14.7 Å². The predicted octanol–water partition coefficient (Wildman–Crippen LogP) is 4.70. The lowest BCUT2D eigenvalue weighted by Crippen LogP contribution is -2.28. The number of hydrogen-bond acceptors (Lipinski definition) is 5. The smallest absolute Gasteiger partial charge is 0.258 e. The van der Waals surface area contributed by atoms with Gasteiger partial charge in [0.15, 0.2) is 0 Å². The molecule has 5 rings (SSSR count). The van der Waals surface area contributed by atoms with Crippen molar-refractivity contribution in [1.29, 1.82) is 0 Å². The number of aryl methyl sites for hydroxylation is 1. The zero-order valence-corrected chi connectivity index (χ0v) is 18.1. The van der Waals surface area contributed by atoms with E-state index < -0.39 is 5.92 Å². The lowest BCUT2D eigenvalue weighted by molar-refractivity contribution is -0.122. The summed E-state index contributed by atoms with van der Waals surface area (Å²) in [5.74, 6) is 0.209. The quantitative estimate of drug-likeness (QED) is 0.488. The minimum absolute atomic E-state index is 0.0490. The molecule has 1 N–H and O–H groups in total. The van der Waals surface area contributed by atoms with Crippen molar-refractivity contribution in [2.45, 2.75) is 13.3 Å². The van der Waals surface area contributed by atoms with E-state index in [1.165, 1.54) is 0 Å². The number of carbonyl (C=O) groups excluding carboxylic acids is 2. The molecule has 2 amide bonds. The van der Waals surface area contributed by atoms with Gasteiger partial charge in [0.1, 0.15) is 0 Å². The zero-order chi connectivity index (χ0) is 22.8. The number of anilines is 2. The first-order valence-electron chi connectivity index (χ1n) is 10.7. The van der Waals surface area contributed by atoms with Gasteiger partial charge in [-0.1, -0.05) is 59.3 Å². The molecular formula is C26H22N4O3. The molecule has 4 aromatic rings. The summed E-state index contributed by atoms with van der Waals surface area (Å²) in [4.78, 5) is 31.5. The highest BCUT2D eigenvalue weighted by Crippen LogP contribution is 2.28. The van der Waals surface area contributed by atoms with Gasteiger partial charge in [0.25, 0.3) is 5.89 Å². The van der Waals surface area contributed by atoms with Crippen LogP contribution in [0, 0.1) is 12.8 Å². The predicted molar refractivity (Wildman–Crippen MR) is 125 cm³/mol. The first-order valence-corrected chi connectivity index (χ1v) is 10.7. The van der Waals surface area contributed by atoms with Gasteiger partial charge in [-0.15, -0.1) is 0 Å². The summed E-state index contributed by atoms with van der Waals surface area (Å²) in [7, 11) is 0. The number of nitrogens with one attached hydrogen (secondary N) is 1. The average molecular weight is 438 g/mol. The van der Waals surface area contributed by atoms with Gasteiger partial charge in [-0.25, -0.2) is 0 Å². The average Bonchev–Trinajstić information content (AvgIpc) is 3.48. The summed E-state index contributed by atoms with van der Waals surface area (Å²) >= 11 is 0. The lowest BCUT2D eigenvalue weighted by Gasteiger charge is -2.17. The Labute approximate surface area is 191 Å². The van der Waals surface area contributed by atoms with E-state index in [-0.39, 0.29) is 18.2 Å². The minimum atomic E-state index is -0.421. The van der Waals surface area contributed by atoms with E-state index in [1.54, 1.807) is 17.0 Å². The molecule has 0 bridgehead atoms. The molecule has 0 radical (unpaired) electrons. The minimum Gasteiger partial charge on any atom is -0.334 e. The topological polar surface area (TPSA) is 88.3 Å². The van der Waals surface area contributed by atoms with Gasteiger partial charge >= 0.3 is 0 Å². The Balaban J connectivity index is 1.28. The van der Waals surface area contributed by atoms with Crippen molar-refractivity contribution in [3.8, 4) is 22.8 Å². The Morgan fingerprint density at radius 3 is 2.55 bits per heavy atom. The van der Waals surface area contributed by atoms with Crippen LogP contribution in [0.15, 0.2) is 83.4 Å². The SMILES string of the molecule is Cc1ccc(N2C[C@@H](C(=O)Nc3cccc(-c4nc(-c5ccccc5)no4)c3)CC2=O)cc1. The van der Waals surface area contributed by atoms with Gasteiger partial charge in [0, 0.05) is 35.5 Å². The molecule has 1 aliphatic heterocycles. The molecule has 1 saturated heterocycles. The van der Waals surface area contributed by atoms with Crippen LogP contribution >= 0.6 is 0 Å². The third kappa shape index (κ3) is 4.39. The van der Waals surface area contributed by atoms with Gasteiger partial charge in [-0.3, -0.25) is 9.59 Å². The van der Waals surface area contributed by atoms with Crippen LogP contribution in [0.25, 0.3) is 22.8 Å². The van der Waals surface area contributed by atoms with Crippen LogP contribution in [-0.4, -0.2) is 28.5 Å². The second kappa shape index (κ2) is 8.70. The molecule has 164 valence electrons. The fraction of sp³-hybridized carbons (Fsp3) is 0.154. The number of aromatic nitrogens is 2. The standard InChI is InChI=1S/C26H22N4O3/c1-17-10-12-22(13-11-17)30-16-20(15-23(30)31)25(32)27-21-9-5-8-19(14-21)26-28-24(29-33-26)18-6-3-2-4-7-18/h2-14,20H,15-16H2,1H3,(H,27,32)/t20-/m0/s1. The van der Waals surface area contributed by atoms with Crippen molar-refractivity contribution in [1.82, 2.24) is 10.1 Å². The third-order valence-corrected chi connectivity index (χ3v) is 5.68. The van der Waals surface area contributed by atoms with E-state index in [0.29, 0.717) is 29.5 Å². The van der Waals surface area contributed by atoms with Crippen molar-refractivity contribution in [3.05, 3.63) is 84.4 Å². The molecule has 1 atom stereocenters. The van der Waals surface area contributed by atoms with Crippen molar-refractivity contribution in [2.75, 3.05) is 16.8 Å². The normalized spacial score (nSPS) is 15.6. The van der Waals surface area contributed by atoms with Crippen LogP contribution in [-0.2, 0) is 9.59 Å². The van der Waals surface area contributed by atoms with Crippen LogP contribution in [0.1, 0.15) is 12.0 Å². The number of benzene rings is 3. The number of hydrogen-bond donors (Lipinski definition) is 1. The maximum Gasteiger partial charge on any atom is 0.258 e. The zero-order valence-electron chi connectivity index (χ0n) is 18.1. The summed E-state index contributed by atoms with van der Waals surface area (Å²) in [5, 5.41) is 6.98. The first kappa shape index (κ1) is 20.6. The maximum atomic E-state index is 12.9. The van der Waals surface area contributed by atoms with Crippen LogP contribution in [0.3, 0.4) is 0 Å². The highest BCUT2D eigenvalue weighted by molar-refractivity contribution is 6.03. The Kier molecular flexibility index (Phi) is 5.44. The third-order valence-electron chi connectivity index (χ3n) is 5.68. The fourth-order valence-corrected chi connectivity index (χ4v) is 3.88. The Bertz CT molecular complexity index is 1300. The van der Waals surface area contributed by atoms with Gasteiger partial charge in [-0.2, -0.15) is 4.98 Å². The molecule has 0 saturated carbocycles. The van der Waals surface area contributed by atoms with Crippen LogP contribution < -0.4 is 10.2 Å². The monoisotopic (exact) mass is 438 g/mol. The summed E-state index contributed by atoms with van der Waals surface area (Å²) in [6.07, 6.45) is 0.184. The van der Waals surface area contributed by atoms with E-state index in [1.807, 2.05) is 73.7 Å². The summed E-state index contributed by atoms with van der Waals surface area (Å²) < 4.78 is 5.43. The maximum absolute atomic E-state index is 12.9. The molecule has 0 unspecified atom stereocenters. The number of carbonyl (C=O) groups is 2. The Morgan fingerprint density at radius 1 is 1.00 bits per heavy atom. The van der Waals surface area contributed by atoms with Crippen molar-refractivity contribution in [2.24, 2.45) is 5.92 Å². The molecular weight excluding hydrogens is 416 g/mol. The van der Waals surface area contributed by atoms with Crippen LogP contribution in [0.5, 0.6) is 0 Å². The Hall–Kier alpha value is -4.26. The summed E-state index contributed by atoms with van der Waals surface area (Å²) in [5.41, 5.74) is 4.11. The molecule has 7 nitrogen and oxygen atoms in total. The second-order valence-corrected chi connectivity index (χ2v) is 8.10. The second-order valence-electron chi connectivity index (χ2n) is 8.10. The van der Waals surface area contributed by atoms with E-state index in [4.69, 9.17) is 4.52 Å². The highest BCUT2D eigenvalue weighted by Gasteiger charge is 2.35. The highest BCUT2D eigenvalue weighted by atomic mass is 16.5. The number of nitrogens with zero attached hydrogens (tertiary/aromatic N) is 3. The lowest BCUT2D eigenvalue weighted by atomic mass is 10.1. The summed E-state index contributed by atoms with van der Waals surface area (Å²) in [6, 6.07) is 24.5. The number of amides is 2. The Morgan fingerprint density at radius 2 is 1.76 bits per heavy atom. The molecule has 33 heavy (non-hydrogen) atoms. The van der Waals surface area contributed by atoms with E-state index in [2.05, 4.69) is 15.5 Å². The summed E-state index contributed by atoms with van der Waals surface area (Å²) in [6.45, 7) is 2.36. The van der Waals surface area contributed by atoms with E-state index >= 15 is 0 Å². The molecule has 1 aliphatic rings. The molecule has 0 aliphatic carbocycles. The van der Waals surface area contributed by atoms with Crippen molar-refractivity contribution in [3.63, 3.8) is 0 Å². The molecule has 3 aromatic carbocycles.